The Morgan fingerprint density at radius 3 is 2.76 bits per heavy atom. The summed E-state index contributed by atoms with van der Waals surface area (Å²) in [5.74, 6) is 0.0768. The van der Waals surface area contributed by atoms with Gasteiger partial charge in [0.25, 0.3) is 0 Å². The molecule has 0 radical (unpaired) electrons. The van der Waals surface area contributed by atoms with Crippen molar-refractivity contribution < 1.29 is 4.79 Å². The number of carbonyl (C=O) groups is 1. The van der Waals surface area contributed by atoms with Gasteiger partial charge in [0.2, 0.25) is 5.91 Å². The van der Waals surface area contributed by atoms with E-state index in [4.69, 9.17) is 0 Å². The predicted molar refractivity (Wildman–Crippen MR) is 101 cm³/mol. The lowest BCUT2D eigenvalue weighted by Gasteiger charge is -2.27. The van der Waals surface area contributed by atoms with Gasteiger partial charge in [0.1, 0.15) is 5.54 Å². The minimum Gasteiger partial charge on any atom is -0.337 e. The maximum absolute atomic E-state index is 12.3. The molecule has 1 heterocycles. The molecule has 0 unspecified atom stereocenters. The maximum atomic E-state index is 12.3. The number of rotatable bonds is 6. The molecule has 0 fully saturated rings. The first-order chi connectivity index (χ1) is 11.8. The predicted octanol–water partition coefficient (Wildman–Crippen LogP) is 3.64. The topological polar surface area (TPSA) is 70.7 Å². The molecule has 1 aromatic carbocycles. The summed E-state index contributed by atoms with van der Waals surface area (Å²) in [4.78, 5) is 16.6. The molecule has 0 saturated carbocycles. The third kappa shape index (κ3) is 4.43. The summed E-state index contributed by atoms with van der Waals surface area (Å²) >= 11 is 1.36. The molecule has 0 bridgehead atoms. The molecule has 5 nitrogen and oxygen atoms in total. The van der Waals surface area contributed by atoms with Gasteiger partial charge in [-0.3, -0.25) is 9.36 Å². The van der Waals surface area contributed by atoms with E-state index in [2.05, 4.69) is 48.4 Å². The van der Waals surface area contributed by atoms with Crippen molar-refractivity contribution in [2.24, 2.45) is 5.92 Å². The summed E-state index contributed by atoms with van der Waals surface area (Å²) in [5, 5.41) is 12.9. The van der Waals surface area contributed by atoms with Gasteiger partial charge in [-0.1, -0.05) is 43.3 Å². The van der Waals surface area contributed by atoms with Crippen LogP contribution in [-0.4, -0.2) is 26.8 Å². The van der Waals surface area contributed by atoms with E-state index in [0.29, 0.717) is 0 Å². The lowest BCUT2D eigenvalue weighted by molar-refractivity contribution is -0.120. The van der Waals surface area contributed by atoms with Crippen molar-refractivity contribution in [2.75, 3.05) is 5.75 Å². The van der Waals surface area contributed by atoms with Crippen LogP contribution in [0.5, 0.6) is 0 Å². The average molecular weight is 356 g/mol. The van der Waals surface area contributed by atoms with E-state index in [9.17, 15) is 10.1 Å². The molecule has 1 aromatic heterocycles. The lowest BCUT2D eigenvalue weighted by atomic mass is 9.90. The number of nitrogens with zero attached hydrogens (tertiary/aromatic N) is 3. The molecule has 132 valence electrons. The zero-order valence-electron chi connectivity index (χ0n) is 15.3. The smallest absolute Gasteiger partial charge is 0.231 e. The molecular formula is C19H24N4OS. The number of hydrogen-bond acceptors (Lipinski definition) is 4. The Kier molecular flexibility index (Phi) is 5.91. The van der Waals surface area contributed by atoms with Gasteiger partial charge >= 0.3 is 0 Å². The lowest BCUT2D eigenvalue weighted by Crippen LogP contribution is -2.49. The normalized spacial score (nSPS) is 13.3. The van der Waals surface area contributed by atoms with E-state index >= 15 is 0 Å². The van der Waals surface area contributed by atoms with Crippen molar-refractivity contribution in [2.45, 2.75) is 45.3 Å². The maximum Gasteiger partial charge on any atom is 0.231 e. The number of amides is 1. The summed E-state index contributed by atoms with van der Waals surface area (Å²) in [6, 6.07) is 8.43. The molecule has 1 N–H and O–H groups in total. The minimum absolute atomic E-state index is 0.0312. The Balaban J connectivity index is 2.09. The van der Waals surface area contributed by atoms with Gasteiger partial charge in [-0.25, -0.2) is 4.98 Å². The van der Waals surface area contributed by atoms with Crippen LogP contribution in [0.2, 0.25) is 0 Å². The largest absolute Gasteiger partial charge is 0.337 e. The zero-order chi connectivity index (χ0) is 18.6. The van der Waals surface area contributed by atoms with Crippen molar-refractivity contribution in [3.8, 4) is 11.8 Å². The molecule has 2 aromatic rings. The van der Waals surface area contributed by atoms with Crippen LogP contribution in [0, 0.1) is 31.1 Å². The van der Waals surface area contributed by atoms with Crippen molar-refractivity contribution in [3.05, 3.63) is 41.7 Å². The molecule has 0 spiro atoms. The highest BCUT2D eigenvalue weighted by atomic mass is 32.2. The number of carbonyl (C=O) groups excluding carboxylic acids is 1. The molecule has 1 amide bonds. The summed E-state index contributed by atoms with van der Waals surface area (Å²) in [6.07, 6.45) is 3.62. The quantitative estimate of drug-likeness (QED) is 0.802. The molecule has 2 rings (SSSR count). The Morgan fingerprint density at radius 2 is 2.16 bits per heavy atom. The molecule has 0 aliphatic heterocycles. The third-order valence-electron chi connectivity index (χ3n) is 4.34. The highest BCUT2D eigenvalue weighted by Gasteiger charge is 2.29. The summed E-state index contributed by atoms with van der Waals surface area (Å²) < 4.78 is 1.98. The number of hydrogen-bond donors (Lipinski definition) is 1. The van der Waals surface area contributed by atoms with Gasteiger partial charge in [-0.15, -0.1) is 0 Å². The van der Waals surface area contributed by atoms with Crippen molar-refractivity contribution in [1.29, 1.82) is 5.26 Å². The monoisotopic (exact) mass is 356 g/mol. The molecule has 0 aliphatic rings. The SMILES string of the molecule is Cc1ccc(-n2ccnc2SCC(=O)N[C@@](C)(C#N)C(C)C)c(C)c1. The van der Waals surface area contributed by atoms with Gasteiger partial charge in [-0.05, 0) is 38.3 Å². The van der Waals surface area contributed by atoms with E-state index in [-0.39, 0.29) is 17.6 Å². The first-order valence-electron chi connectivity index (χ1n) is 8.23. The fourth-order valence-corrected chi connectivity index (χ4v) is 3.18. The van der Waals surface area contributed by atoms with Crippen LogP contribution in [0.15, 0.2) is 35.7 Å². The van der Waals surface area contributed by atoms with E-state index in [1.165, 1.54) is 17.3 Å². The van der Waals surface area contributed by atoms with Gasteiger partial charge in [0, 0.05) is 12.4 Å². The Labute approximate surface area is 153 Å². The van der Waals surface area contributed by atoms with E-state index < -0.39 is 5.54 Å². The minimum atomic E-state index is -0.861. The first kappa shape index (κ1) is 19.1. The highest BCUT2D eigenvalue weighted by Crippen LogP contribution is 2.24. The second-order valence-corrected chi connectivity index (χ2v) is 7.62. The molecule has 6 heteroatoms. The van der Waals surface area contributed by atoms with Crippen molar-refractivity contribution >= 4 is 17.7 Å². The van der Waals surface area contributed by atoms with Gasteiger partial charge in [0.05, 0.1) is 17.5 Å². The van der Waals surface area contributed by atoms with E-state index in [1.54, 1.807) is 13.1 Å². The van der Waals surface area contributed by atoms with Crippen LogP contribution in [0.4, 0.5) is 0 Å². The fraction of sp³-hybridized carbons (Fsp3) is 0.421. The number of aromatic nitrogens is 2. The molecule has 1 atom stereocenters. The fourth-order valence-electron chi connectivity index (χ4n) is 2.41. The van der Waals surface area contributed by atoms with Gasteiger partial charge < -0.3 is 5.32 Å². The Morgan fingerprint density at radius 1 is 1.44 bits per heavy atom. The van der Waals surface area contributed by atoms with Crippen LogP contribution in [-0.2, 0) is 4.79 Å². The second kappa shape index (κ2) is 7.75. The summed E-state index contributed by atoms with van der Waals surface area (Å²) in [7, 11) is 0. The van der Waals surface area contributed by atoms with Crippen molar-refractivity contribution in [1.82, 2.24) is 14.9 Å². The van der Waals surface area contributed by atoms with Crippen LogP contribution in [0.1, 0.15) is 31.9 Å². The average Bonchev–Trinajstić information content (AvgIpc) is 3.01. The number of aryl methyl sites for hydroxylation is 2. The molecule has 0 aliphatic carbocycles. The zero-order valence-corrected chi connectivity index (χ0v) is 16.1. The van der Waals surface area contributed by atoms with E-state index in [0.717, 1.165) is 16.4 Å². The summed E-state index contributed by atoms with van der Waals surface area (Å²) in [6.45, 7) is 9.71. The number of nitrogens with one attached hydrogen (secondary N) is 1. The van der Waals surface area contributed by atoms with Crippen LogP contribution in [0.25, 0.3) is 5.69 Å². The van der Waals surface area contributed by atoms with Gasteiger partial charge in [0.15, 0.2) is 5.16 Å². The van der Waals surface area contributed by atoms with Crippen molar-refractivity contribution in [3.63, 3.8) is 0 Å². The first-order valence-corrected chi connectivity index (χ1v) is 9.21. The molecule has 25 heavy (non-hydrogen) atoms. The van der Waals surface area contributed by atoms with E-state index in [1.807, 2.05) is 24.6 Å². The molecular weight excluding hydrogens is 332 g/mol. The van der Waals surface area contributed by atoms with Crippen LogP contribution in [0.3, 0.4) is 0 Å². The standard InChI is InChI=1S/C19H24N4OS/c1-13(2)19(5,12-20)22-17(24)11-25-18-21-8-9-23(18)16-7-6-14(3)10-15(16)4/h6-10,13H,11H2,1-5H3,(H,22,24)/t19-/m0/s1. The Bertz CT molecular complexity index is 806. The van der Waals surface area contributed by atoms with Crippen LogP contribution < -0.4 is 5.32 Å². The number of benzene rings is 1. The number of nitriles is 1. The molecule has 0 saturated heterocycles. The number of imidazole rings is 1. The number of thioether (sulfide) groups is 1. The second-order valence-electron chi connectivity index (χ2n) is 6.68. The van der Waals surface area contributed by atoms with Crippen LogP contribution >= 0.6 is 11.8 Å². The summed E-state index contributed by atoms with van der Waals surface area (Å²) in [5.41, 5.74) is 2.55. The van der Waals surface area contributed by atoms with Gasteiger partial charge in [-0.2, -0.15) is 5.26 Å². The highest BCUT2D eigenvalue weighted by molar-refractivity contribution is 7.99. The third-order valence-corrected chi connectivity index (χ3v) is 5.30. The Hall–Kier alpha value is -2.26.